The summed E-state index contributed by atoms with van der Waals surface area (Å²) in [5, 5.41) is 4.43. The second-order valence-corrected chi connectivity index (χ2v) is 7.80. The van der Waals surface area contributed by atoms with Gasteiger partial charge in [0.1, 0.15) is 17.1 Å². The fourth-order valence-corrected chi connectivity index (χ4v) is 4.21. The molecule has 3 aromatic rings. The molecule has 1 aliphatic rings. The molecule has 1 aromatic heterocycles. The molecule has 0 radical (unpaired) electrons. The molecule has 0 saturated carbocycles. The van der Waals surface area contributed by atoms with Gasteiger partial charge in [0.2, 0.25) is 0 Å². The Kier molecular flexibility index (Phi) is 5.95. The number of hydrogen-bond acceptors (Lipinski definition) is 6. The molecule has 0 unspecified atom stereocenters. The van der Waals surface area contributed by atoms with Crippen LogP contribution in [0.5, 0.6) is 11.5 Å². The lowest BCUT2D eigenvalue weighted by atomic mass is 10.0. The molecule has 1 aliphatic heterocycles. The molecule has 6 nitrogen and oxygen atoms in total. The Morgan fingerprint density at radius 1 is 1.10 bits per heavy atom. The zero-order valence-corrected chi connectivity index (χ0v) is 17.7. The van der Waals surface area contributed by atoms with Crippen LogP contribution in [0.4, 0.5) is 5.69 Å². The molecular weight excluding hydrogens is 380 g/mol. The minimum Gasteiger partial charge on any atom is -0.497 e. The van der Waals surface area contributed by atoms with Gasteiger partial charge >= 0.3 is 5.63 Å². The number of fused-ring (bicyclic) bond motifs is 1. The second kappa shape index (κ2) is 8.79. The van der Waals surface area contributed by atoms with Crippen molar-refractivity contribution in [2.45, 2.75) is 32.4 Å². The van der Waals surface area contributed by atoms with Crippen molar-refractivity contribution in [2.24, 2.45) is 0 Å². The highest BCUT2D eigenvalue weighted by Crippen LogP contribution is 2.29. The summed E-state index contributed by atoms with van der Waals surface area (Å²) in [6.45, 7) is 4.93. The summed E-state index contributed by atoms with van der Waals surface area (Å²) in [6.07, 6.45) is 2.00. The van der Waals surface area contributed by atoms with E-state index in [9.17, 15) is 4.79 Å². The Hall–Kier alpha value is -2.99. The van der Waals surface area contributed by atoms with Gasteiger partial charge in [0, 0.05) is 42.7 Å². The van der Waals surface area contributed by atoms with Crippen molar-refractivity contribution < 1.29 is 13.9 Å². The molecule has 0 atom stereocenters. The molecule has 158 valence electrons. The van der Waals surface area contributed by atoms with Gasteiger partial charge in [0.15, 0.2) is 0 Å². The van der Waals surface area contributed by atoms with Crippen molar-refractivity contribution in [3.8, 4) is 11.5 Å². The van der Waals surface area contributed by atoms with Crippen molar-refractivity contribution in [2.75, 3.05) is 32.6 Å². The number of nitrogens with one attached hydrogen (secondary N) is 1. The highest BCUT2D eigenvalue weighted by atomic mass is 16.5. The summed E-state index contributed by atoms with van der Waals surface area (Å²) in [6, 6.07) is 13.6. The van der Waals surface area contributed by atoms with Crippen LogP contribution < -0.4 is 20.4 Å². The van der Waals surface area contributed by atoms with Gasteiger partial charge < -0.3 is 19.2 Å². The van der Waals surface area contributed by atoms with Crippen LogP contribution in [0.25, 0.3) is 11.0 Å². The number of para-hydroxylation sites is 1. The van der Waals surface area contributed by atoms with Gasteiger partial charge in [0.25, 0.3) is 0 Å². The van der Waals surface area contributed by atoms with Gasteiger partial charge in [-0.3, -0.25) is 4.90 Å². The largest absolute Gasteiger partial charge is 0.497 e. The fraction of sp³-hybridized carbons (Fsp3) is 0.375. The van der Waals surface area contributed by atoms with Crippen LogP contribution in [0.3, 0.4) is 0 Å². The molecular formula is C24H28N2O4. The Morgan fingerprint density at radius 2 is 1.90 bits per heavy atom. The maximum absolute atomic E-state index is 12.0. The van der Waals surface area contributed by atoms with E-state index >= 15 is 0 Å². The monoisotopic (exact) mass is 408 g/mol. The number of rotatable bonds is 6. The van der Waals surface area contributed by atoms with Gasteiger partial charge in [-0.05, 0) is 43.5 Å². The van der Waals surface area contributed by atoms with Gasteiger partial charge in [-0.15, -0.1) is 0 Å². The lowest BCUT2D eigenvalue weighted by Crippen LogP contribution is -2.38. The number of hydrogen-bond donors (Lipinski definition) is 1. The summed E-state index contributed by atoms with van der Waals surface area (Å²) in [5.41, 5.74) is 3.41. The molecule has 0 aliphatic carbocycles. The van der Waals surface area contributed by atoms with Gasteiger partial charge in [-0.25, -0.2) is 4.79 Å². The van der Waals surface area contributed by atoms with Gasteiger partial charge in [-0.2, -0.15) is 0 Å². The van der Waals surface area contributed by atoms with E-state index in [2.05, 4.69) is 35.3 Å². The van der Waals surface area contributed by atoms with Crippen molar-refractivity contribution in [1.82, 2.24) is 4.90 Å². The molecule has 1 fully saturated rings. The fourth-order valence-electron chi connectivity index (χ4n) is 4.21. The van der Waals surface area contributed by atoms with E-state index in [0.29, 0.717) is 11.6 Å². The first kappa shape index (κ1) is 20.3. The molecule has 1 N–H and O–H groups in total. The number of nitrogens with zero attached hydrogens (tertiary/aromatic N) is 1. The van der Waals surface area contributed by atoms with Crippen LogP contribution >= 0.6 is 0 Å². The average Bonchev–Trinajstić information content (AvgIpc) is 2.75. The maximum Gasteiger partial charge on any atom is 0.338 e. The van der Waals surface area contributed by atoms with Crippen LogP contribution in [0, 0.1) is 6.92 Å². The molecule has 1 saturated heterocycles. The minimum atomic E-state index is -0.348. The standard InChI is InChI=1S/C24H28N2O4/c1-16-5-4-6-17(24(16)29-3)15-26-11-9-18(10-12-26)25-21-14-23(27)30-22-8-7-19(28-2)13-20(21)22/h4-8,13-14,18,25H,9-12,15H2,1-3H3. The number of methoxy groups -OCH3 is 2. The van der Waals surface area contributed by atoms with Crippen LogP contribution in [0.2, 0.25) is 0 Å². The van der Waals surface area contributed by atoms with E-state index < -0.39 is 0 Å². The smallest absolute Gasteiger partial charge is 0.338 e. The molecule has 0 amide bonds. The first-order valence-corrected chi connectivity index (χ1v) is 10.3. The average molecular weight is 408 g/mol. The molecule has 2 heterocycles. The van der Waals surface area contributed by atoms with Gasteiger partial charge in [-0.1, -0.05) is 18.2 Å². The number of anilines is 1. The van der Waals surface area contributed by atoms with Crippen LogP contribution in [-0.4, -0.2) is 38.3 Å². The predicted molar refractivity (Wildman–Crippen MR) is 119 cm³/mol. The van der Waals surface area contributed by atoms with E-state index in [1.807, 2.05) is 6.07 Å². The summed E-state index contributed by atoms with van der Waals surface area (Å²) in [4.78, 5) is 14.4. The van der Waals surface area contributed by atoms with Crippen molar-refractivity contribution >= 4 is 16.7 Å². The third-order valence-electron chi connectivity index (χ3n) is 5.79. The van der Waals surface area contributed by atoms with Crippen molar-refractivity contribution in [1.29, 1.82) is 0 Å². The minimum absolute atomic E-state index is 0.303. The van der Waals surface area contributed by atoms with Crippen LogP contribution in [0.1, 0.15) is 24.0 Å². The molecule has 6 heteroatoms. The van der Waals surface area contributed by atoms with E-state index in [1.165, 1.54) is 11.6 Å². The second-order valence-electron chi connectivity index (χ2n) is 7.80. The number of piperidine rings is 1. The topological polar surface area (TPSA) is 63.9 Å². The predicted octanol–water partition coefficient (Wildman–Crippen LogP) is 4.20. The quantitative estimate of drug-likeness (QED) is 0.617. The first-order chi connectivity index (χ1) is 14.6. The summed E-state index contributed by atoms with van der Waals surface area (Å²) < 4.78 is 16.3. The van der Waals surface area contributed by atoms with Crippen molar-refractivity contribution in [3.63, 3.8) is 0 Å². The number of aryl methyl sites for hydroxylation is 1. The van der Waals surface area contributed by atoms with E-state index in [1.54, 1.807) is 26.4 Å². The van der Waals surface area contributed by atoms with E-state index in [0.717, 1.165) is 60.6 Å². The lowest BCUT2D eigenvalue weighted by Gasteiger charge is -2.33. The van der Waals surface area contributed by atoms with E-state index in [4.69, 9.17) is 13.9 Å². The first-order valence-electron chi connectivity index (χ1n) is 10.3. The lowest BCUT2D eigenvalue weighted by molar-refractivity contribution is 0.209. The zero-order chi connectivity index (χ0) is 21.1. The Morgan fingerprint density at radius 3 is 2.63 bits per heavy atom. The van der Waals surface area contributed by atoms with Crippen LogP contribution in [0.15, 0.2) is 51.7 Å². The Labute approximate surface area is 176 Å². The number of benzene rings is 2. The zero-order valence-electron chi connectivity index (χ0n) is 17.7. The highest BCUT2D eigenvalue weighted by molar-refractivity contribution is 5.90. The third kappa shape index (κ3) is 4.28. The molecule has 4 rings (SSSR count). The Balaban J connectivity index is 1.44. The Bertz CT molecular complexity index is 1080. The summed E-state index contributed by atoms with van der Waals surface area (Å²) in [5.74, 6) is 1.72. The van der Waals surface area contributed by atoms with Crippen LogP contribution in [-0.2, 0) is 6.54 Å². The summed E-state index contributed by atoms with van der Waals surface area (Å²) >= 11 is 0. The normalized spacial score (nSPS) is 15.3. The van der Waals surface area contributed by atoms with E-state index in [-0.39, 0.29) is 5.63 Å². The highest BCUT2D eigenvalue weighted by Gasteiger charge is 2.21. The van der Waals surface area contributed by atoms with Crippen molar-refractivity contribution in [3.05, 3.63) is 64.0 Å². The maximum atomic E-state index is 12.0. The molecule has 2 aromatic carbocycles. The summed E-state index contributed by atoms with van der Waals surface area (Å²) in [7, 11) is 3.37. The third-order valence-corrected chi connectivity index (χ3v) is 5.79. The SMILES string of the molecule is COc1ccc2oc(=O)cc(NC3CCN(Cc4cccc(C)c4OC)CC3)c2c1. The van der Waals surface area contributed by atoms with Gasteiger partial charge in [0.05, 0.1) is 19.9 Å². The molecule has 30 heavy (non-hydrogen) atoms. The number of ether oxygens (including phenoxy) is 2. The number of likely N-dealkylation sites (tertiary alicyclic amines) is 1. The molecule has 0 bridgehead atoms. The molecule has 0 spiro atoms.